The van der Waals surface area contributed by atoms with Gasteiger partial charge < -0.3 is 4.74 Å². The molecule has 0 bridgehead atoms. The maximum Gasteiger partial charge on any atom is 0.0654 e. The zero-order valence-electron chi connectivity index (χ0n) is 5.97. The molecule has 48 valence electrons. The monoisotopic (exact) mass is 122 g/mol. The van der Waals surface area contributed by atoms with Gasteiger partial charge in [0.2, 0.25) is 0 Å². The van der Waals surface area contributed by atoms with E-state index in [1.807, 2.05) is 0 Å². The van der Waals surface area contributed by atoms with Gasteiger partial charge in [-0.2, -0.15) is 0 Å². The molecule has 0 aliphatic heterocycles. The highest BCUT2D eigenvalue weighted by molar-refractivity contribution is 6.08. The molecule has 0 aromatic rings. The van der Waals surface area contributed by atoms with Gasteiger partial charge in [0.25, 0.3) is 0 Å². The summed E-state index contributed by atoms with van der Waals surface area (Å²) in [7, 11) is 12.3. The number of methoxy groups -OCH3 is 1. The topological polar surface area (TPSA) is 9.23 Å². The SMILES string of the molecule is [B]CCC(CC[B])OC. The van der Waals surface area contributed by atoms with Crippen LogP contribution in [0.3, 0.4) is 0 Å². The van der Waals surface area contributed by atoms with E-state index < -0.39 is 0 Å². The first-order chi connectivity index (χ1) is 4.35. The van der Waals surface area contributed by atoms with Gasteiger partial charge in [0, 0.05) is 7.11 Å². The van der Waals surface area contributed by atoms with Crippen molar-refractivity contribution < 1.29 is 4.74 Å². The zero-order valence-corrected chi connectivity index (χ0v) is 5.97. The van der Waals surface area contributed by atoms with E-state index in [4.69, 9.17) is 20.4 Å². The van der Waals surface area contributed by atoms with Gasteiger partial charge in [0.05, 0.1) is 21.8 Å². The smallest absolute Gasteiger partial charge is 0.0654 e. The molecule has 4 radical (unpaired) electrons. The van der Waals surface area contributed by atoms with Crippen LogP contribution in [-0.2, 0) is 4.74 Å². The van der Waals surface area contributed by atoms with Gasteiger partial charge in [-0.3, -0.25) is 0 Å². The van der Waals surface area contributed by atoms with Crippen LogP contribution in [0.1, 0.15) is 12.8 Å². The van der Waals surface area contributed by atoms with Crippen LogP contribution in [0.2, 0.25) is 12.6 Å². The largest absolute Gasteiger partial charge is 0.382 e. The van der Waals surface area contributed by atoms with E-state index in [1.54, 1.807) is 7.11 Å². The Kier molecular flexibility index (Phi) is 6.28. The second kappa shape index (κ2) is 6.21. The molecule has 9 heavy (non-hydrogen) atoms. The summed E-state index contributed by atoms with van der Waals surface area (Å²) in [6.07, 6.45) is 3.44. The molecule has 0 rings (SSSR count). The molecule has 0 aromatic carbocycles. The van der Waals surface area contributed by atoms with Crippen LogP contribution in [-0.4, -0.2) is 28.9 Å². The first-order valence-corrected chi connectivity index (χ1v) is 3.28. The molecule has 3 heteroatoms. The van der Waals surface area contributed by atoms with Crippen LogP contribution in [0, 0.1) is 0 Å². The summed E-state index contributed by atoms with van der Waals surface area (Å²) in [6, 6.07) is 0. The lowest BCUT2D eigenvalue weighted by Gasteiger charge is -2.11. The quantitative estimate of drug-likeness (QED) is 0.493. The minimum absolute atomic E-state index is 0.264. The van der Waals surface area contributed by atoms with Crippen LogP contribution in [0.25, 0.3) is 0 Å². The highest BCUT2D eigenvalue weighted by atomic mass is 16.5. The summed E-state index contributed by atoms with van der Waals surface area (Å²) >= 11 is 0. The molecule has 0 aliphatic rings. The lowest BCUT2D eigenvalue weighted by atomic mass is 9.92. The Bertz CT molecular complexity index is 53.0. The molecule has 0 aromatic heterocycles. The Morgan fingerprint density at radius 3 is 1.89 bits per heavy atom. The van der Waals surface area contributed by atoms with E-state index >= 15 is 0 Å². The Labute approximate surface area is 60.0 Å². The Balaban J connectivity index is 3.18. The maximum absolute atomic E-state index is 5.31. The Morgan fingerprint density at radius 1 is 1.22 bits per heavy atom. The van der Waals surface area contributed by atoms with Crippen molar-refractivity contribution in [3.05, 3.63) is 0 Å². The predicted molar refractivity (Wildman–Crippen MR) is 41.2 cm³/mol. The van der Waals surface area contributed by atoms with Crippen molar-refractivity contribution in [2.45, 2.75) is 31.6 Å². The fourth-order valence-electron chi connectivity index (χ4n) is 0.752. The molecule has 0 fully saturated rings. The van der Waals surface area contributed by atoms with Crippen LogP contribution >= 0.6 is 0 Å². The summed E-state index contributed by atoms with van der Waals surface area (Å²) in [6.45, 7) is 0. The third-order valence-electron chi connectivity index (χ3n) is 1.31. The average molecular weight is 122 g/mol. The lowest BCUT2D eigenvalue weighted by Crippen LogP contribution is -2.09. The normalized spacial score (nSPS) is 10.4. The second-order valence-electron chi connectivity index (χ2n) is 2.01. The first kappa shape index (κ1) is 9.09. The molecule has 0 unspecified atom stereocenters. The Morgan fingerprint density at radius 2 is 1.67 bits per heavy atom. The summed E-state index contributed by atoms with van der Waals surface area (Å²) in [5.41, 5.74) is 0. The molecule has 0 saturated carbocycles. The summed E-state index contributed by atoms with van der Waals surface area (Å²) in [5.74, 6) is 0. The standard InChI is InChI=1S/C6H12B2O/c1-9-6(2-4-7)3-5-8/h6H,2-5H2,1H3. The molecule has 0 amide bonds. The molecular weight excluding hydrogens is 110 g/mol. The summed E-state index contributed by atoms with van der Waals surface area (Å²) in [4.78, 5) is 0. The second-order valence-corrected chi connectivity index (χ2v) is 2.01. The van der Waals surface area contributed by atoms with Gasteiger partial charge in [-0.25, -0.2) is 0 Å². The number of rotatable bonds is 5. The lowest BCUT2D eigenvalue weighted by molar-refractivity contribution is 0.0967. The third kappa shape index (κ3) is 4.58. The average Bonchev–Trinajstić information content (AvgIpc) is 1.88. The van der Waals surface area contributed by atoms with E-state index in [9.17, 15) is 0 Å². The third-order valence-corrected chi connectivity index (χ3v) is 1.31. The molecule has 0 spiro atoms. The van der Waals surface area contributed by atoms with Gasteiger partial charge in [-0.1, -0.05) is 12.6 Å². The van der Waals surface area contributed by atoms with E-state index in [1.165, 1.54) is 0 Å². The van der Waals surface area contributed by atoms with Crippen molar-refractivity contribution in [1.82, 2.24) is 0 Å². The molecule has 0 heterocycles. The minimum Gasteiger partial charge on any atom is -0.382 e. The Hall–Kier alpha value is 0.0899. The van der Waals surface area contributed by atoms with E-state index in [0.717, 1.165) is 12.8 Å². The number of ether oxygens (including phenoxy) is 1. The molecule has 0 saturated heterocycles. The van der Waals surface area contributed by atoms with Gasteiger partial charge in [-0.05, 0) is 12.8 Å². The van der Waals surface area contributed by atoms with Crippen molar-refractivity contribution in [3.8, 4) is 0 Å². The van der Waals surface area contributed by atoms with Gasteiger partial charge in [0.1, 0.15) is 0 Å². The fourth-order valence-corrected chi connectivity index (χ4v) is 0.752. The zero-order chi connectivity index (χ0) is 7.11. The minimum atomic E-state index is 0.264. The van der Waals surface area contributed by atoms with Crippen molar-refractivity contribution in [2.75, 3.05) is 7.11 Å². The van der Waals surface area contributed by atoms with Crippen molar-refractivity contribution in [2.24, 2.45) is 0 Å². The molecule has 1 nitrogen and oxygen atoms in total. The van der Waals surface area contributed by atoms with Crippen LogP contribution in [0.4, 0.5) is 0 Å². The van der Waals surface area contributed by atoms with Crippen molar-refractivity contribution in [1.29, 1.82) is 0 Å². The van der Waals surface area contributed by atoms with Crippen LogP contribution in [0.5, 0.6) is 0 Å². The fraction of sp³-hybridized carbons (Fsp3) is 1.00. The number of hydrogen-bond acceptors (Lipinski definition) is 1. The van der Waals surface area contributed by atoms with Gasteiger partial charge >= 0.3 is 0 Å². The summed E-state index contributed by atoms with van der Waals surface area (Å²) in [5, 5.41) is 0. The number of hydrogen-bond donors (Lipinski definition) is 0. The molecule has 0 N–H and O–H groups in total. The maximum atomic E-state index is 5.31. The molecule has 0 aliphatic carbocycles. The van der Waals surface area contributed by atoms with Crippen LogP contribution < -0.4 is 0 Å². The van der Waals surface area contributed by atoms with Crippen molar-refractivity contribution >= 4 is 15.7 Å². The summed E-state index contributed by atoms with van der Waals surface area (Å²) < 4.78 is 5.07. The predicted octanol–water partition coefficient (Wildman–Crippen LogP) is 0.955. The molecule has 0 atom stereocenters. The van der Waals surface area contributed by atoms with Crippen molar-refractivity contribution in [3.63, 3.8) is 0 Å². The highest BCUT2D eigenvalue weighted by Crippen LogP contribution is 2.06. The van der Waals surface area contributed by atoms with E-state index in [2.05, 4.69) is 0 Å². The first-order valence-electron chi connectivity index (χ1n) is 3.28. The molecular formula is C6H12B2O. The van der Waals surface area contributed by atoms with Crippen LogP contribution in [0.15, 0.2) is 0 Å². The van der Waals surface area contributed by atoms with E-state index in [-0.39, 0.29) is 6.10 Å². The van der Waals surface area contributed by atoms with Gasteiger partial charge in [-0.15, -0.1) is 0 Å². The van der Waals surface area contributed by atoms with Gasteiger partial charge in [0.15, 0.2) is 0 Å². The highest BCUT2D eigenvalue weighted by Gasteiger charge is 2.01. The van der Waals surface area contributed by atoms with E-state index in [0.29, 0.717) is 12.6 Å².